The number of hydrogen-bond acceptors (Lipinski definition) is 6. The van der Waals surface area contributed by atoms with Crippen LogP contribution >= 0.6 is 0 Å². The highest BCUT2D eigenvalue weighted by atomic mass is 16.2. The minimum atomic E-state index is -0.862. The van der Waals surface area contributed by atoms with E-state index in [-0.39, 0.29) is 49.6 Å². The Hall–Kier alpha value is -4.57. The summed E-state index contributed by atoms with van der Waals surface area (Å²) in [6.07, 6.45) is 3.63. The van der Waals surface area contributed by atoms with Crippen LogP contribution < -0.4 is 16.0 Å². The van der Waals surface area contributed by atoms with Crippen molar-refractivity contribution >= 4 is 35.1 Å². The zero-order chi connectivity index (χ0) is 32.4. The van der Waals surface area contributed by atoms with E-state index in [0.29, 0.717) is 37.4 Å². The van der Waals surface area contributed by atoms with Gasteiger partial charge in [0.15, 0.2) is 0 Å². The van der Waals surface area contributed by atoms with Gasteiger partial charge in [0, 0.05) is 45.0 Å². The van der Waals surface area contributed by atoms with E-state index >= 15 is 0 Å². The first-order valence-corrected chi connectivity index (χ1v) is 15.5. The predicted octanol–water partition coefficient (Wildman–Crippen LogP) is 4.16. The fourth-order valence-corrected chi connectivity index (χ4v) is 5.85. The lowest BCUT2D eigenvalue weighted by Gasteiger charge is -2.41. The minimum Gasteiger partial charge on any atom is -0.346 e. The van der Waals surface area contributed by atoms with Crippen molar-refractivity contribution in [3.8, 4) is 0 Å². The van der Waals surface area contributed by atoms with E-state index in [2.05, 4.69) is 20.9 Å². The quantitative estimate of drug-likeness (QED) is 0.266. The van der Waals surface area contributed by atoms with Crippen molar-refractivity contribution in [1.29, 1.82) is 0 Å². The molecule has 1 saturated heterocycles. The van der Waals surface area contributed by atoms with Crippen LogP contribution in [0.1, 0.15) is 55.4 Å². The van der Waals surface area contributed by atoms with Gasteiger partial charge < -0.3 is 25.8 Å². The number of benzene rings is 2. The van der Waals surface area contributed by atoms with Crippen LogP contribution in [0.2, 0.25) is 0 Å². The molecule has 45 heavy (non-hydrogen) atoms. The summed E-state index contributed by atoms with van der Waals surface area (Å²) in [4.78, 5) is 60.8. The number of nitrogens with zero attached hydrogens (tertiary/aromatic N) is 3. The van der Waals surface area contributed by atoms with Crippen LogP contribution in [0.15, 0.2) is 66.9 Å². The van der Waals surface area contributed by atoms with Gasteiger partial charge in [-0.1, -0.05) is 50.2 Å². The zero-order valence-electron chi connectivity index (χ0n) is 26.7. The Bertz CT molecular complexity index is 1510. The van der Waals surface area contributed by atoms with Gasteiger partial charge in [0.2, 0.25) is 23.6 Å². The number of carbonyl (C=O) groups excluding carboxylic acids is 4. The van der Waals surface area contributed by atoms with Crippen LogP contribution in [0.3, 0.4) is 0 Å². The molecule has 0 radical (unpaired) electrons. The third-order valence-electron chi connectivity index (χ3n) is 8.59. The molecule has 4 amide bonds. The van der Waals surface area contributed by atoms with Gasteiger partial charge in [-0.3, -0.25) is 19.2 Å². The number of piperidine rings is 1. The first-order chi connectivity index (χ1) is 21.7. The molecule has 4 rings (SSSR count). The summed E-state index contributed by atoms with van der Waals surface area (Å²) in [7, 11) is 3.62. The normalized spacial score (nSPS) is 16.3. The zero-order valence-corrected chi connectivity index (χ0v) is 26.7. The second-order valence-electron chi connectivity index (χ2n) is 11.7. The Morgan fingerprint density at radius 3 is 2.36 bits per heavy atom. The van der Waals surface area contributed by atoms with Gasteiger partial charge in [0.1, 0.15) is 12.4 Å². The Labute approximate surface area is 265 Å². The van der Waals surface area contributed by atoms with Crippen molar-refractivity contribution in [3.05, 3.63) is 89.1 Å². The number of amides is 4. The van der Waals surface area contributed by atoms with E-state index in [1.165, 1.54) is 0 Å². The van der Waals surface area contributed by atoms with Gasteiger partial charge in [-0.05, 0) is 72.8 Å². The highest BCUT2D eigenvalue weighted by Gasteiger charge is 2.45. The van der Waals surface area contributed by atoms with E-state index < -0.39 is 5.41 Å². The first-order valence-electron chi connectivity index (χ1n) is 15.5. The molecule has 1 unspecified atom stereocenters. The molecule has 1 fully saturated rings. The SMILES string of the molecule is CCc1ccc(NC(=O)CN(Cc2ccccc2CNC)C(=O)C2(CC)CCN(C)C(=O)C2)cc1CC(=O)Nc1ccccn1. The number of rotatable bonds is 13. The molecule has 0 saturated carbocycles. The number of anilines is 2. The van der Waals surface area contributed by atoms with E-state index in [9.17, 15) is 19.2 Å². The Kier molecular flexibility index (Phi) is 11.4. The molecule has 2 aromatic carbocycles. The summed E-state index contributed by atoms with van der Waals surface area (Å²) in [5.41, 5.74) is 3.45. The van der Waals surface area contributed by atoms with Crippen LogP contribution in [-0.4, -0.2) is 65.6 Å². The topological polar surface area (TPSA) is 124 Å². The maximum Gasteiger partial charge on any atom is 0.244 e. The molecule has 0 spiro atoms. The standard InChI is InChI=1S/C35H44N6O4/c1-5-25-14-15-29(19-28(25)20-31(42)39-30-13-9-10-17-37-30)38-32(43)24-41(23-27-12-8-7-11-26(27)22-36-3)34(45)35(6-2)16-18-40(4)33(44)21-35/h7-15,17,19,36H,5-6,16,18,20-24H2,1-4H3,(H,38,43)(H,37,39,42). The maximum absolute atomic E-state index is 14.3. The Morgan fingerprint density at radius 2 is 1.69 bits per heavy atom. The van der Waals surface area contributed by atoms with Gasteiger partial charge in [-0.2, -0.15) is 0 Å². The molecule has 0 aliphatic carbocycles. The lowest BCUT2D eigenvalue weighted by molar-refractivity contribution is -0.154. The minimum absolute atomic E-state index is 0.0629. The van der Waals surface area contributed by atoms with Gasteiger partial charge in [0.25, 0.3) is 0 Å². The van der Waals surface area contributed by atoms with E-state index in [4.69, 9.17) is 0 Å². The monoisotopic (exact) mass is 612 g/mol. The summed E-state index contributed by atoms with van der Waals surface area (Å²) in [5.74, 6) is -0.335. The number of hydrogen-bond donors (Lipinski definition) is 3. The fraction of sp³-hybridized carbons (Fsp3) is 0.400. The highest BCUT2D eigenvalue weighted by molar-refractivity contribution is 5.97. The largest absolute Gasteiger partial charge is 0.346 e. The highest BCUT2D eigenvalue weighted by Crippen LogP contribution is 2.37. The van der Waals surface area contributed by atoms with Crippen molar-refractivity contribution in [3.63, 3.8) is 0 Å². The van der Waals surface area contributed by atoms with Crippen LogP contribution in [0.25, 0.3) is 0 Å². The smallest absolute Gasteiger partial charge is 0.244 e. The third kappa shape index (κ3) is 8.54. The maximum atomic E-state index is 14.3. The first kappa shape index (κ1) is 33.3. The van der Waals surface area contributed by atoms with Crippen LogP contribution in [0.4, 0.5) is 11.5 Å². The fourth-order valence-electron chi connectivity index (χ4n) is 5.85. The van der Waals surface area contributed by atoms with E-state index in [1.807, 2.05) is 63.4 Å². The van der Waals surface area contributed by atoms with Crippen LogP contribution in [0, 0.1) is 5.41 Å². The number of aromatic nitrogens is 1. The van der Waals surface area contributed by atoms with Gasteiger partial charge >= 0.3 is 0 Å². The second kappa shape index (κ2) is 15.4. The van der Waals surface area contributed by atoms with Crippen LogP contribution in [-0.2, 0) is 45.1 Å². The molecule has 1 aliphatic heterocycles. The molecular weight excluding hydrogens is 568 g/mol. The number of likely N-dealkylation sites (tertiary alicyclic amines) is 1. The molecule has 3 N–H and O–H groups in total. The Balaban J connectivity index is 1.55. The average molecular weight is 613 g/mol. The molecule has 2 heterocycles. The molecule has 1 aliphatic rings. The van der Waals surface area contributed by atoms with Crippen molar-refractivity contribution in [2.45, 2.75) is 59.0 Å². The van der Waals surface area contributed by atoms with Crippen molar-refractivity contribution in [1.82, 2.24) is 20.1 Å². The summed E-state index contributed by atoms with van der Waals surface area (Å²) >= 11 is 0. The molecule has 3 aromatic rings. The van der Waals surface area contributed by atoms with Crippen molar-refractivity contribution in [2.24, 2.45) is 5.41 Å². The molecule has 10 nitrogen and oxygen atoms in total. The van der Waals surface area contributed by atoms with Gasteiger partial charge in [-0.15, -0.1) is 0 Å². The Morgan fingerprint density at radius 1 is 0.933 bits per heavy atom. The van der Waals surface area contributed by atoms with Crippen molar-refractivity contribution < 1.29 is 19.2 Å². The molecule has 238 valence electrons. The number of nitrogens with one attached hydrogen (secondary N) is 3. The molecule has 10 heteroatoms. The molecule has 1 atom stereocenters. The van der Waals surface area contributed by atoms with E-state index in [0.717, 1.165) is 28.7 Å². The average Bonchev–Trinajstić information content (AvgIpc) is 3.03. The molecule has 0 bridgehead atoms. The van der Waals surface area contributed by atoms with Crippen molar-refractivity contribution in [2.75, 3.05) is 37.8 Å². The molecular formula is C35H44N6O4. The number of pyridine rings is 1. The number of carbonyl (C=O) groups is 4. The lowest BCUT2D eigenvalue weighted by atomic mass is 9.74. The lowest BCUT2D eigenvalue weighted by Crippen LogP contribution is -2.52. The number of aryl methyl sites for hydroxylation is 1. The summed E-state index contributed by atoms with van der Waals surface area (Å²) in [5, 5.41) is 8.93. The summed E-state index contributed by atoms with van der Waals surface area (Å²) in [6, 6.07) is 18.7. The van der Waals surface area contributed by atoms with Gasteiger partial charge in [0.05, 0.1) is 11.8 Å². The summed E-state index contributed by atoms with van der Waals surface area (Å²) in [6.45, 7) is 5.13. The van der Waals surface area contributed by atoms with Gasteiger partial charge in [-0.25, -0.2) is 4.98 Å². The predicted molar refractivity (Wildman–Crippen MR) is 175 cm³/mol. The van der Waals surface area contributed by atoms with E-state index in [1.54, 1.807) is 41.2 Å². The third-order valence-corrected chi connectivity index (χ3v) is 8.59. The second-order valence-corrected chi connectivity index (χ2v) is 11.7. The molecule has 1 aromatic heterocycles. The van der Waals surface area contributed by atoms with Crippen LogP contribution in [0.5, 0.6) is 0 Å². The summed E-state index contributed by atoms with van der Waals surface area (Å²) < 4.78 is 0.